The van der Waals surface area contributed by atoms with Crippen molar-refractivity contribution in [3.05, 3.63) is 45.9 Å². The number of para-hydroxylation sites is 1. The molecule has 2 aromatic rings. The zero-order valence-electron chi connectivity index (χ0n) is 16.0. The number of aromatic nitrogens is 1. The Morgan fingerprint density at radius 1 is 1.28 bits per heavy atom. The van der Waals surface area contributed by atoms with Gasteiger partial charge >= 0.3 is 6.18 Å². The van der Waals surface area contributed by atoms with Crippen molar-refractivity contribution in [2.75, 3.05) is 6.54 Å². The Kier molecular flexibility index (Phi) is 9.00. The Labute approximate surface area is 189 Å². The molecular formula is C19H24F3IN4OS. The van der Waals surface area contributed by atoms with E-state index in [-0.39, 0.29) is 36.6 Å². The summed E-state index contributed by atoms with van der Waals surface area (Å²) in [5, 5.41) is 7.50. The third-order valence-electron chi connectivity index (χ3n) is 4.32. The summed E-state index contributed by atoms with van der Waals surface area (Å²) in [5.74, 6) is 1.35. The number of hydrogen-bond donors (Lipinski definition) is 2. The Bertz CT molecular complexity index is 809. The highest BCUT2D eigenvalue weighted by atomic mass is 127. The van der Waals surface area contributed by atoms with Crippen LogP contribution in [0.2, 0.25) is 0 Å². The topological polar surface area (TPSA) is 58.5 Å². The maximum Gasteiger partial charge on any atom is 0.434 e. The summed E-state index contributed by atoms with van der Waals surface area (Å²) < 4.78 is 44.0. The third-order valence-corrected chi connectivity index (χ3v) is 5.17. The van der Waals surface area contributed by atoms with Gasteiger partial charge < -0.3 is 15.4 Å². The number of nitrogens with one attached hydrogen (secondary N) is 2. The van der Waals surface area contributed by atoms with Crippen LogP contribution in [0.5, 0.6) is 5.75 Å². The molecule has 0 saturated heterocycles. The number of guanidine groups is 1. The van der Waals surface area contributed by atoms with Gasteiger partial charge in [0.2, 0.25) is 0 Å². The van der Waals surface area contributed by atoms with Gasteiger partial charge in [-0.1, -0.05) is 18.2 Å². The molecule has 1 saturated carbocycles. The minimum atomic E-state index is -4.42. The smallest absolute Gasteiger partial charge is 0.434 e. The molecule has 0 aliphatic heterocycles. The lowest BCUT2D eigenvalue weighted by atomic mass is 9.96. The van der Waals surface area contributed by atoms with E-state index in [0.29, 0.717) is 24.1 Å². The number of halogens is 4. The van der Waals surface area contributed by atoms with E-state index in [4.69, 9.17) is 4.74 Å². The lowest BCUT2D eigenvalue weighted by molar-refractivity contribution is -0.140. The first-order valence-electron chi connectivity index (χ1n) is 9.24. The second-order valence-electron chi connectivity index (χ2n) is 6.45. The van der Waals surface area contributed by atoms with Crippen LogP contribution in [0.4, 0.5) is 13.2 Å². The van der Waals surface area contributed by atoms with Crippen LogP contribution in [0, 0.1) is 0 Å². The average molecular weight is 540 g/mol. The van der Waals surface area contributed by atoms with Crippen molar-refractivity contribution in [3.8, 4) is 5.75 Å². The van der Waals surface area contributed by atoms with E-state index in [1.54, 1.807) is 0 Å². The first kappa shape index (κ1) is 23.7. The van der Waals surface area contributed by atoms with Crippen LogP contribution in [0.1, 0.15) is 42.5 Å². The summed E-state index contributed by atoms with van der Waals surface area (Å²) in [7, 11) is 0. The number of benzene rings is 1. The van der Waals surface area contributed by atoms with Crippen molar-refractivity contribution < 1.29 is 17.9 Å². The Balaban J connectivity index is 0.00000300. The number of alkyl halides is 3. The number of aliphatic imine (C=N–C) groups is 1. The molecule has 3 rings (SSSR count). The van der Waals surface area contributed by atoms with E-state index < -0.39 is 11.9 Å². The van der Waals surface area contributed by atoms with Crippen LogP contribution in [-0.4, -0.2) is 23.6 Å². The SMILES string of the molecule is CCNC(=NCc1ccccc1OC1CCC1)NCc1nc(C(F)(F)F)cs1.I. The molecule has 0 bridgehead atoms. The largest absolute Gasteiger partial charge is 0.490 e. The molecule has 0 spiro atoms. The zero-order chi connectivity index (χ0) is 20.0. The number of ether oxygens (including phenoxy) is 1. The molecule has 29 heavy (non-hydrogen) atoms. The number of hydrogen-bond acceptors (Lipinski definition) is 4. The fraction of sp³-hybridized carbons (Fsp3) is 0.474. The van der Waals surface area contributed by atoms with Crippen molar-refractivity contribution in [2.45, 2.75) is 51.6 Å². The van der Waals surface area contributed by atoms with Gasteiger partial charge in [-0.25, -0.2) is 9.98 Å². The summed E-state index contributed by atoms with van der Waals surface area (Å²) in [4.78, 5) is 8.16. The van der Waals surface area contributed by atoms with Gasteiger partial charge in [0, 0.05) is 17.5 Å². The first-order chi connectivity index (χ1) is 13.5. The molecule has 1 fully saturated rings. The van der Waals surface area contributed by atoms with E-state index in [2.05, 4.69) is 20.6 Å². The summed E-state index contributed by atoms with van der Waals surface area (Å²) in [6.45, 7) is 3.14. The van der Waals surface area contributed by atoms with Gasteiger partial charge in [-0.2, -0.15) is 13.2 Å². The normalized spacial score (nSPS) is 14.7. The third kappa shape index (κ3) is 7.02. The molecule has 1 aromatic carbocycles. The van der Waals surface area contributed by atoms with Gasteiger partial charge in [-0.05, 0) is 32.3 Å². The van der Waals surface area contributed by atoms with Gasteiger partial charge in [-0.15, -0.1) is 35.3 Å². The van der Waals surface area contributed by atoms with Gasteiger partial charge in [0.1, 0.15) is 10.8 Å². The predicted molar refractivity (Wildman–Crippen MR) is 119 cm³/mol. The van der Waals surface area contributed by atoms with Crippen molar-refractivity contribution >= 4 is 41.3 Å². The van der Waals surface area contributed by atoms with Crippen molar-refractivity contribution in [1.82, 2.24) is 15.6 Å². The summed E-state index contributed by atoms with van der Waals surface area (Å²) >= 11 is 0.973. The maximum absolute atomic E-state index is 12.7. The zero-order valence-corrected chi connectivity index (χ0v) is 19.1. The van der Waals surface area contributed by atoms with Gasteiger partial charge in [-0.3, -0.25) is 0 Å². The fourth-order valence-electron chi connectivity index (χ4n) is 2.61. The summed E-state index contributed by atoms with van der Waals surface area (Å²) in [6, 6.07) is 7.79. The minimum absolute atomic E-state index is 0. The van der Waals surface area contributed by atoms with E-state index in [0.717, 1.165) is 40.9 Å². The van der Waals surface area contributed by atoms with Crippen LogP contribution in [0.3, 0.4) is 0 Å². The highest BCUT2D eigenvalue weighted by Gasteiger charge is 2.33. The number of rotatable bonds is 7. The summed E-state index contributed by atoms with van der Waals surface area (Å²) in [5.41, 5.74) is 0.110. The first-order valence-corrected chi connectivity index (χ1v) is 10.1. The monoisotopic (exact) mass is 540 g/mol. The molecule has 0 unspecified atom stereocenters. The molecule has 160 valence electrons. The average Bonchev–Trinajstić information content (AvgIpc) is 3.11. The second kappa shape index (κ2) is 11.0. The quantitative estimate of drug-likeness (QED) is 0.296. The molecule has 0 amide bonds. The highest BCUT2D eigenvalue weighted by Crippen LogP contribution is 2.30. The lowest BCUT2D eigenvalue weighted by Gasteiger charge is -2.27. The molecule has 0 radical (unpaired) electrons. The molecule has 1 aromatic heterocycles. The van der Waals surface area contributed by atoms with Crippen LogP contribution in [-0.2, 0) is 19.3 Å². The van der Waals surface area contributed by atoms with E-state index >= 15 is 0 Å². The van der Waals surface area contributed by atoms with Crippen molar-refractivity contribution in [2.24, 2.45) is 4.99 Å². The van der Waals surface area contributed by atoms with E-state index in [9.17, 15) is 13.2 Å². The lowest BCUT2D eigenvalue weighted by Crippen LogP contribution is -2.36. The van der Waals surface area contributed by atoms with Gasteiger partial charge in [0.15, 0.2) is 11.7 Å². The number of nitrogens with zero attached hydrogens (tertiary/aromatic N) is 2. The predicted octanol–water partition coefficient (Wildman–Crippen LogP) is 4.97. The molecular weight excluding hydrogens is 516 g/mol. The Morgan fingerprint density at radius 3 is 2.66 bits per heavy atom. The Morgan fingerprint density at radius 2 is 2.03 bits per heavy atom. The van der Waals surface area contributed by atoms with Crippen LogP contribution >= 0.6 is 35.3 Å². The minimum Gasteiger partial charge on any atom is -0.490 e. The Hall–Kier alpha value is -1.56. The standard InChI is InChI=1S/C19H23F3N4OS.HI/c1-2-23-18(25-11-17-26-16(12-28-17)19(20,21)22)24-10-13-6-3-4-9-15(13)27-14-7-5-8-14;/h3-4,6,9,12,14H,2,5,7-8,10-11H2,1H3,(H2,23,24,25);1H. The van der Waals surface area contributed by atoms with Crippen LogP contribution < -0.4 is 15.4 Å². The molecule has 5 nitrogen and oxygen atoms in total. The van der Waals surface area contributed by atoms with Crippen LogP contribution in [0.25, 0.3) is 0 Å². The summed E-state index contributed by atoms with van der Waals surface area (Å²) in [6.07, 6.45) is -0.779. The molecule has 1 aliphatic carbocycles. The molecule has 0 atom stereocenters. The van der Waals surface area contributed by atoms with Gasteiger partial charge in [0.05, 0.1) is 19.2 Å². The van der Waals surface area contributed by atoms with Crippen LogP contribution in [0.15, 0.2) is 34.6 Å². The number of thiazole rings is 1. The maximum atomic E-state index is 12.7. The second-order valence-corrected chi connectivity index (χ2v) is 7.39. The van der Waals surface area contributed by atoms with Crippen molar-refractivity contribution in [3.63, 3.8) is 0 Å². The van der Waals surface area contributed by atoms with Crippen molar-refractivity contribution in [1.29, 1.82) is 0 Å². The van der Waals surface area contributed by atoms with E-state index in [1.807, 2.05) is 31.2 Å². The highest BCUT2D eigenvalue weighted by molar-refractivity contribution is 14.0. The molecule has 10 heteroatoms. The molecule has 2 N–H and O–H groups in total. The fourth-order valence-corrected chi connectivity index (χ4v) is 3.35. The van der Waals surface area contributed by atoms with E-state index in [1.165, 1.54) is 6.42 Å². The molecule has 1 aliphatic rings. The van der Waals surface area contributed by atoms with Gasteiger partial charge in [0.25, 0.3) is 0 Å². The molecule has 1 heterocycles.